The average Bonchev–Trinajstić information content (AvgIpc) is 3.66. The molecule has 0 spiro atoms. The zero-order valence-corrected chi connectivity index (χ0v) is 29.0. The third-order valence-corrected chi connectivity index (χ3v) is 9.00. The maximum absolute atomic E-state index is 13.4. The van der Waals surface area contributed by atoms with Crippen molar-refractivity contribution in [3.8, 4) is 11.8 Å². The summed E-state index contributed by atoms with van der Waals surface area (Å²) in [6.07, 6.45) is 2.82. The van der Waals surface area contributed by atoms with Crippen molar-refractivity contribution in [2.45, 2.75) is 46.2 Å². The minimum Gasteiger partial charge on any atom is -0.494 e. The SMILES string of the molecule is CC1=Nc2cc3c(O)n(CCCCNCCCn4c(O)c5cc6c(c7cccc(c4=O)c57)=NC(C)=N6)c(=O)c4cccc(c2=N1)c34.CS(=O)(=O)O. The first-order chi connectivity index (χ1) is 24.3. The van der Waals surface area contributed by atoms with Gasteiger partial charge in [-0.1, -0.05) is 24.3 Å². The zero-order valence-electron chi connectivity index (χ0n) is 28.1. The summed E-state index contributed by atoms with van der Waals surface area (Å²) < 4.78 is 28.7. The second-order valence-corrected chi connectivity index (χ2v) is 14.2. The molecule has 2 aromatic heterocycles. The maximum atomic E-state index is 13.4. The highest BCUT2D eigenvalue weighted by Crippen LogP contribution is 2.34. The number of nitrogens with zero attached hydrogens (tertiary/aromatic N) is 6. The second kappa shape index (κ2) is 13.0. The predicted molar refractivity (Wildman–Crippen MR) is 198 cm³/mol. The number of nitrogens with one attached hydrogen (secondary N) is 1. The molecule has 51 heavy (non-hydrogen) atoms. The lowest BCUT2D eigenvalue weighted by atomic mass is 10.0. The molecule has 0 amide bonds. The maximum Gasteiger partial charge on any atom is 0.261 e. The topological polar surface area (TPSA) is 200 Å². The number of aliphatic imine (C=N–C) groups is 2. The van der Waals surface area contributed by atoms with Crippen LogP contribution in [0.3, 0.4) is 0 Å². The van der Waals surface area contributed by atoms with Crippen LogP contribution in [0.4, 0.5) is 11.4 Å². The Bertz CT molecular complexity index is 2650. The third kappa shape index (κ3) is 6.24. The Morgan fingerprint density at radius 2 is 1.06 bits per heavy atom. The first-order valence-corrected chi connectivity index (χ1v) is 18.3. The number of aromatic nitrogens is 2. The molecule has 2 aliphatic heterocycles. The lowest BCUT2D eigenvalue weighted by Gasteiger charge is -2.15. The molecule has 4 heterocycles. The van der Waals surface area contributed by atoms with Gasteiger partial charge in [0.15, 0.2) is 0 Å². The van der Waals surface area contributed by atoms with E-state index in [4.69, 9.17) is 4.55 Å². The molecular formula is C36H35N7O7S. The number of pyridine rings is 2. The van der Waals surface area contributed by atoms with Gasteiger partial charge in [-0.25, -0.2) is 20.0 Å². The van der Waals surface area contributed by atoms with Crippen LogP contribution in [0.2, 0.25) is 0 Å². The molecule has 8 rings (SSSR count). The average molecular weight is 710 g/mol. The second-order valence-electron chi connectivity index (χ2n) is 12.7. The number of rotatable bonds is 9. The predicted octanol–water partition coefficient (Wildman–Crippen LogP) is 3.80. The standard InChI is InChI=1S/C35H31N7O4.CH4O3S/c1-18-37-26-16-24-28-20(30(26)39-18)8-5-10-22(28)32(43)41(34(24)45)14-4-3-12-36-13-7-15-42-33(44)23-11-6-9-21-29(23)25(35(42)46)17-27-31(21)40-19(2)38-27;1-5(2,3)4/h5-6,8-11,16-17,36,45-46H,3-4,7,12-15H2,1-2H3;1H3,(H,2,3,4). The van der Waals surface area contributed by atoms with Gasteiger partial charge in [0.25, 0.3) is 21.2 Å². The summed E-state index contributed by atoms with van der Waals surface area (Å²) >= 11 is 0. The summed E-state index contributed by atoms with van der Waals surface area (Å²) in [4.78, 5) is 44.8. The molecule has 0 atom stereocenters. The Morgan fingerprint density at radius 1 is 0.647 bits per heavy atom. The highest BCUT2D eigenvalue weighted by molar-refractivity contribution is 7.85. The fourth-order valence-electron chi connectivity index (χ4n) is 6.94. The lowest BCUT2D eigenvalue weighted by molar-refractivity contribution is 0.403. The summed E-state index contributed by atoms with van der Waals surface area (Å²) in [6.45, 7) is 5.74. The van der Waals surface area contributed by atoms with E-state index >= 15 is 0 Å². The highest BCUT2D eigenvalue weighted by atomic mass is 32.2. The van der Waals surface area contributed by atoms with Gasteiger partial charge >= 0.3 is 0 Å². The minimum absolute atomic E-state index is 0.0509. The van der Waals surface area contributed by atoms with E-state index in [-0.39, 0.29) is 22.9 Å². The Morgan fingerprint density at radius 3 is 1.53 bits per heavy atom. The third-order valence-electron chi connectivity index (χ3n) is 9.00. The van der Waals surface area contributed by atoms with E-state index in [0.717, 1.165) is 27.9 Å². The van der Waals surface area contributed by atoms with Gasteiger partial charge in [-0.3, -0.25) is 23.3 Å². The summed E-state index contributed by atoms with van der Waals surface area (Å²) in [5.41, 5.74) is 0.943. The van der Waals surface area contributed by atoms with Crippen molar-refractivity contribution in [1.29, 1.82) is 0 Å². The fraction of sp³-hybridized carbons (Fsp3) is 0.278. The van der Waals surface area contributed by atoms with Gasteiger partial charge in [-0.15, -0.1) is 0 Å². The summed E-state index contributed by atoms with van der Waals surface area (Å²) in [7, 11) is -3.67. The number of fused-ring (bicyclic) bond motifs is 4. The van der Waals surface area contributed by atoms with E-state index in [9.17, 15) is 28.2 Å². The number of unbranched alkanes of at least 4 members (excludes halogenated alkanes) is 1. The number of aromatic hydroxyl groups is 2. The van der Waals surface area contributed by atoms with Crippen molar-refractivity contribution in [2.75, 3.05) is 19.3 Å². The van der Waals surface area contributed by atoms with Gasteiger partial charge in [0.05, 0.1) is 28.3 Å². The van der Waals surface area contributed by atoms with Crippen LogP contribution < -0.4 is 27.1 Å². The number of hydrogen-bond donors (Lipinski definition) is 4. The van der Waals surface area contributed by atoms with Crippen LogP contribution in [0.1, 0.15) is 33.1 Å². The van der Waals surface area contributed by atoms with Crippen LogP contribution in [-0.2, 0) is 23.2 Å². The van der Waals surface area contributed by atoms with Crippen molar-refractivity contribution >= 4 is 76.3 Å². The van der Waals surface area contributed by atoms with Crippen LogP contribution in [-0.4, -0.2) is 63.3 Å². The Balaban J connectivity index is 0.000000761. The Labute approximate surface area is 290 Å². The molecule has 6 aromatic rings. The highest BCUT2D eigenvalue weighted by Gasteiger charge is 2.21. The largest absolute Gasteiger partial charge is 0.494 e. The quantitative estimate of drug-likeness (QED) is 0.128. The Kier molecular flexibility index (Phi) is 8.65. The summed E-state index contributed by atoms with van der Waals surface area (Å²) in [5, 5.41) is 32.6. The molecule has 15 heteroatoms. The van der Waals surface area contributed by atoms with Gasteiger partial charge in [0.2, 0.25) is 11.8 Å². The van der Waals surface area contributed by atoms with Crippen molar-refractivity contribution < 1.29 is 23.2 Å². The van der Waals surface area contributed by atoms with Crippen LogP contribution in [0.25, 0.3) is 43.1 Å². The molecule has 4 aromatic carbocycles. The molecular weight excluding hydrogens is 675 g/mol. The fourth-order valence-corrected chi connectivity index (χ4v) is 6.94. The molecule has 4 N–H and O–H groups in total. The van der Waals surface area contributed by atoms with Crippen molar-refractivity contribution in [2.24, 2.45) is 20.0 Å². The summed E-state index contributed by atoms with van der Waals surface area (Å²) in [6, 6.07) is 14.7. The van der Waals surface area contributed by atoms with Gasteiger partial charge < -0.3 is 15.5 Å². The number of benzene rings is 4. The molecule has 0 radical (unpaired) electrons. The van der Waals surface area contributed by atoms with Gasteiger partial charge in [0.1, 0.15) is 11.7 Å². The number of hydrogen-bond acceptors (Lipinski definition) is 11. The minimum atomic E-state index is -3.67. The van der Waals surface area contributed by atoms with Gasteiger partial charge in [-0.05, 0) is 70.5 Å². The van der Waals surface area contributed by atoms with Crippen LogP contribution in [0.5, 0.6) is 11.8 Å². The van der Waals surface area contributed by atoms with E-state index in [1.807, 2.05) is 50.2 Å². The molecule has 0 aliphatic carbocycles. The first-order valence-electron chi connectivity index (χ1n) is 16.4. The van der Waals surface area contributed by atoms with Crippen molar-refractivity contribution in [1.82, 2.24) is 14.5 Å². The lowest BCUT2D eigenvalue weighted by Crippen LogP contribution is -2.25. The van der Waals surface area contributed by atoms with Crippen LogP contribution in [0.15, 0.2) is 78.1 Å². The molecule has 0 fully saturated rings. The van der Waals surface area contributed by atoms with E-state index < -0.39 is 10.1 Å². The van der Waals surface area contributed by atoms with Gasteiger partial charge in [0, 0.05) is 56.2 Å². The van der Waals surface area contributed by atoms with Crippen molar-refractivity contribution in [3.63, 3.8) is 0 Å². The first kappa shape index (κ1) is 34.0. The Hall–Kier alpha value is -5.51. The van der Waals surface area contributed by atoms with E-state index in [1.165, 1.54) is 9.13 Å². The van der Waals surface area contributed by atoms with Crippen molar-refractivity contribution in [3.05, 3.63) is 80.0 Å². The van der Waals surface area contributed by atoms with E-state index in [0.29, 0.717) is 101 Å². The normalized spacial score (nSPS) is 13.6. The van der Waals surface area contributed by atoms with Crippen LogP contribution in [0, 0.1) is 0 Å². The number of amidine groups is 2. The molecule has 2 aliphatic rings. The zero-order chi connectivity index (χ0) is 36.2. The molecule has 0 saturated carbocycles. The molecule has 0 bridgehead atoms. The molecule has 14 nitrogen and oxygen atoms in total. The smallest absolute Gasteiger partial charge is 0.261 e. The van der Waals surface area contributed by atoms with E-state index in [2.05, 4.69) is 25.3 Å². The van der Waals surface area contributed by atoms with Crippen LogP contribution >= 0.6 is 0 Å². The molecule has 262 valence electrons. The summed E-state index contributed by atoms with van der Waals surface area (Å²) in [5.74, 6) is 1.19. The molecule has 0 unspecified atom stereocenters. The molecule has 0 saturated heterocycles. The van der Waals surface area contributed by atoms with E-state index in [1.54, 1.807) is 12.1 Å². The van der Waals surface area contributed by atoms with Gasteiger partial charge in [-0.2, -0.15) is 8.42 Å². The monoisotopic (exact) mass is 709 g/mol.